The van der Waals surface area contributed by atoms with Crippen LogP contribution < -0.4 is 10.1 Å². The van der Waals surface area contributed by atoms with Gasteiger partial charge in [-0.15, -0.1) is 0 Å². The highest BCUT2D eigenvalue weighted by Gasteiger charge is 2.40. The Kier molecular flexibility index (Phi) is 5.72. The normalized spacial score (nSPS) is 17.6. The van der Waals surface area contributed by atoms with Crippen molar-refractivity contribution in [2.24, 2.45) is 0 Å². The molecule has 2 atom stereocenters. The quantitative estimate of drug-likeness (QED) is 0.403. The highest BCUT2D eigenvalue weighted by molar-refractivity contribution is 5.96. The summed E-state index contributed by atoms with van der Waals surface area (Å²) in [4.78, 5) is 28.1. The molecule has 0 spiro atoms. The molecule has 5 nitrogen and oxygen atoms in total. The van der Waals surface area contributed by atoms with Gasteiger partial charge in [-0.25, -0.2) is 4.39 Å². The first-order valence-electron chi connectivity index (χ1n) is 12.3. The first kappa shape index (κ1) is 23.0. The van der Waals surface area contributed by atoms with Gasteiger partial charge in [0.15, 0.2) is 0 Å². The van der Waals surface area contributed by atoms with Gasteiger partial charge in [0, 0.05) is 31.3 Å². The number of likely N-dealkylation sites (N-methyl/N-ethyl adjacent to an activating group) is 1. The lowest BCUT2D eigenvalue weighted by Crippen LogP contribution is -2.28. The van der Waals surface area contributed by atoms with Crippen molar-refractivity contribution in [1.29, 1.82) is 0 Å². The average molecular weight is 493 g/mol. The number of hydrogen-bond donors (Lipinski definition) is 1. The van der Waals surface area contributed by atoms with Crippen LogP contribution in [0.25, 0.3) is 11.1 Å². The summed E-state index contributed by atoms with van der Waals surface area (Å²) in [6.45, 7) is 1.21. The molecule has 0 aromatic heterocycles. The number of nitrogens with zero attached hydrogens (tertiary/aromatic N) is 1. The second kappa shape index (κ2) is 9.21. The minimum absolute atomic E-state index is 0.0119. The molecule has 1 N–H and O–H groups in total. The van der Waals surface area contributed by atoms with Gasteiger partial charge < -0.3 is 15.0 Å². The minimum atomic E-state index is -0.585. The van der Waals surface area contributed by atoms with Crippen LogP contribution in [0.5, 0.6) is 5.75 Å². The summed E-state index contributed by atoms with van der Waals surface area (Å²) in [6.07, 6.45) is -0.560. The standard InChI is InChI=1S/C31H25FN2O3/c1-33-30(35)28-26-16-21(11-14-27(26)37-29(28)19-9-12-25(32)13-10-19)20-7-4-8-22(15-20)31(36)34-17-23-5-2-3-6-24(23)18-34/h2-16,28-29H,17-18H2,1H3,(H,33,35). The highest BCUT2D eigenvalue weighted by atomic mass is 19.1. The van der Waals surface area contributed by atoms with Crippen LogP contribution in [0.3, 0.4) is 0 Å². The minimum Gasteiger partial charge on any atom is -0.484 e. The van der Waals surface area contributed by atoms with E-state index in [0.29, 0.717) is 24.4 Å². The molecule has 2 unspecified atom stereocenters. The summed E-state index contributed by atoms with van der Waals surface area (Å²) < 4.78 is 19.7. The van der Waals surface area contributed by atoms with E-state index in [1.54, 1.807) is 19.2 Å². The number of ether oxygens (including phenoxy) is 1. The first-order chi connectivity index (χ1) is 18.0. The largest absolute Gasteiger partial charge is 0.484 e. The van der Waals surface area contributed by atoms with Crippen LogP contribution in [0, 0.1) is 5.82 Å². The Morgan fingerprint density at radius 1 is 0.865 bits per heavy atom. The fourth-order valence-corrected chi connectivity index (χ4v) is 5.28. The van der Waals surface area contributed by atoms with E-state index in [9.17, 15) is 14.0 Å². The summed E-state index contributed by atoms with van der Waals surface area (Å²) >= 11 is 0. The van der Waals surface area contributed by atoms with Crippen molar-refractivity contribution < 1.29 is 18.7 Å². The van der Waals surface area contributed by atoms with Crippen molar-refractivity contribution in [3.05, 3.63) is 125 Å². The van der Waals surface area contributed by atoms with Gasteiger partial charge in [0.1, 0.15) is 23.6 Å². The maximum atomic E-state index is 13.5. The molecule has 6 rings (SSSR count). The topological polar surface area (TPSA) is 58.6 Å². The summed E-state index contributed by atoms with van der Waals surface area (Å²) in [5, 5.41) is 2.74. The molecule has 0 fully saturated rings. The Hall–Kier alpha value is -4.45. The molecule has 2 heterocycles. The molecule has 0 aliphatic carbocycles. The van der Waals surface area contributed by atoms with E-state index >= 15 is 0 Å². The van der Waals surface area contributed by atoms with Crippen LogP contribution in [-0.2, 0) is 17.9 Å². The van der Waals surface area contributed by atoms with Crippen LogP contribution in [0.2, 0.25) is 0 Å². The van der Waals surface area contributed by atoms with Gasteiger partial charge in [-0.1, -0.05) is 54.6 Å². The van der Waals surface area contributed by atoms with E-state index in [-0.39, 0.29) is 17.6 Å². The van der Waals surface area contributed by atoms with E-state index in [0.717, 1.165) is 22.3 Å². The molecule has 2 aliphatic heterocycles. The number of halogens is 1. The fraction of sp³-hybridized carbons (Fsp3) is 0.161. The summed E-state index contributed by atoms with van der Waals surface area (Å²) in [5.41, 5.74) is 6.24. The number of amides is 2. The summed E-state index contributed by atoms with van der Waals surface area (Å²) in [6, 6.07) is 27.5. The lowest BCUT2D eigenvalue weighted by molar-refractivity contribution is -0.123. The van der Waals surface area contributed by atoms with Gasteiger partial charge in [0.25, 0.3) is 5.91 Å². The van der Waals surface area contributed by atoms with Gasteiger partial charge in [-0.2, -0.15) is 0 Å². The number of carbonyl (C=O) groups is 2. The summed E-state index contributed by atoms with van der Waals surface area (Å²) in [5.74, 6) is -0.498. The molecule has 4 aromatic rings. The third-order valence-corrected chi connectivity index (χ3v) is 7.20. The van der Waals surface area contributed by atoms with Crippen LogP contribution in [0.4, 0.5) is 4.39 Å². The van der Waals surface area contributed by atoms with E-state index < -0.39 is 12.0 Å². The molecule has 184 valence electrons. The maximum Gasteiger partial charge on any atom is 0.254 e. The maximum absolute atomic E-state index is 13.5. The second-order valence-corrected chi connectivity index (χ2v) is 9.45. The van der Waals surface area contributed by atoms with Crippen molar-refractivity contribution in [2.45, 2.75) is 25.1 Å². The molecule has 0 bridgehead atoms. The van der Waals surface area contributed by atoms with E-state index in [4.69, 9.17) is 4.74 Å². The first-order valence-corrected chi connectivity index (χ1v) is 12.3. The molecule has 0 radical (unpaired) electrons. The van der Waals surface area contributed by atoms with Crippen LogP contribution in [0.15, 0.2) is 91.0 Å². The smallest absolute Gasteiger partial charge is 0.254 e. The number of hydrogen-bond acceptors (Lipinski definition) is 3. The number of rotatable bonds is 4. The number of fused-ring (bicyclic) bond motifs is 2. The molecular weight excluding hydrogens is 467 g/mol. The lowest BCUT2D eigenvalue weighted by Gasteiger charge is -2.18. The Bertz CT molecular complexity index is 1490. The predicted octanol–water partition coefficient (Wildman–Crippen LogP) is 5.61. The number of nitrogens with one attached hydrogen (secondary N) is 1. The average Bonchev–Trinajstić information content (AvgIpc) is 3.54. The third kappa shape index (κ3) is 4.14. The molecule has 2 aliphatic rings. The van der Waals surface area contributed by atoms with Gasteiger partial charge in [-0.3, -0.25) is 9.59 Å². The van der Waals surface area contributed by atoms with Gasteiger partial charge in [-0.05, 0) is 64.2 Å². The monoisotopic (exact) mass is 492 g/mol. The Balaban J connectivity index is 1.31. The van der Waals surface area contributed by atoms with Gasteiger partial charge in [0.05, 0.1) is 0 Å². The molecule has 0 saturated carbocycles. The Morgan fingerprint density at radius 3 is 2.27 bits per heavy atom. The van der Waals surface area contributed by atoms with Crippen molar-refractivity contribution in [2.75, 3.05) is 7.05 Å². The second-order valence-electron chi connectivity index (χ2n) is 9.45. The Morgan fingerprint density at radius 2 is 1.57 bits per heavy atom. The van der Waals surface area contributed by atoms with Crippen molar-refractivity contribution in [3.8, 4) is 16.9 Å². The van der Waals surface area contributed by atoms with Crippen LogP contribution in [-0.4, -0.2) is 23.8 Å². The van der Waals surface area contributed by atoms with E-state index in [1.807, 2.05) is 59.5 Å². The predicted molar refractivity (Wildman–Crippen MR) is 138 cm³/mol. The molecule has 2 amide bonds. The Labute approximate surface area is 214 Å². The van der Waals surface area contributed by atoms with Gasteiger partial charge >= 0.3 is 0 Å². The fourth-order valence-electron chi connectivity index (χ4n) is 5.28. The number of carbonyl (C=O) groups excluding carboxylic acids is 2. The zero-order chi connectivity index (χ0) is 25.5. The van der Waals surface area contributed by atoms with Crippen molar-refractivity contribution in [3.63, 3.8) is 0 Å². The molecule has 0 saturated heterocycles. The zero-order valence-electron chi connectivity index (χ0n) is 20.3. The molecule has 6 heteroatoms. The molecular formula is C31H25FN2O3. The third-order valence-electron chi connectivity index (χ3n) is 7.20. The van der Waals surface area contributed by atoms with Crippen molar-refractivity contribution >= 4 is 11.8 Å². The van der Waals surface area contributed by atoms with Gasteiger partial charge in [0.2, 0.25) is 5.91 Å². The van der Waals surface area contributed by atoms with Crippen LogP contribution in [0.1, 0.15) is 44.6 Å². The lowest BCUT2D eigenvalue weighted by atomic mass is 9.88. The van der Waals surface area contributed by atoms with Crippen molar-refractivity contribution in [1.82, 2.24) is 10.2 Å². The number of benzene rings is 4. The molecule has 4 aromatic carbocycles. The highest BCUT2D eigenvalue weighted by Crippen LogP contribution is 2.47. The zero-order valence-corrected chi connectivity index (χ0v) is 20.3. The SMILES string of the molecule is CNC(=O)C1c2cc(-c3cccc(C(=O)N4Cc5ccccc5C4)c3)ccc2OC1c1ccc(F)cc1. The molecule has 37 heavy (non-hydrogen) atoms. The van der Waals surface area contributed by atoms with E-state index in [2.05, 4.69) is 17.4 Å². The summed E-state index contributed by atoms with van der Waals surface area (Å²) in [7, 11) is 1.59. The van der Waals surface area contributed by atoms with E-state index in [1.165, 1.54) is 23.3 Å². The van der Waals surface area contributed by atoms with Crippen LogP contribution >= 0.6 is 0 Å².